The summed E-state index contributed by atoms with van der Waals surface area (Å²) in [6.07, 6.45) is 3.42. The number of thiophene rings is 1. The van der Waals surface area contributed by atoms with E-state index in [1.165, 1.54) is 0 Å². The number of anilines is 1. The van der Waals surface area contributed by atoms with Crippen molar-refractivity contribution in [3.63, 3.8) is 0 Å². The summed E-state index contributed by atoms with van der Waals surface area (Å²) in [4.78, 5) is 13.7. The highest BCUT2D eigenvalue weighted by atomic mass is 79.9. The van der Waals surface area contributed by atoms with E-state index in [0.29, 0.717) is 11.6 Å². The van der Waals surface area contributed by atoms with Crippen molar-refractivity contribution in [2.75, 3.05) is 5.73 Å². The average molecular weight is 307 g/mol. The lowest BCUT2D eigenvalue weighted by Gasteiger charge is -2.01. The Morgan fingerprint density at radius 2 is 1.94 bits per heavy atom. The molecule has 0 radical (unpaired) electrons. The number of fused-ring (bicyclic) bond motifs is 1. The van der Waals surface area contributed by atoms with Crippen molar-refractivity contribution in [3.8, 4) is 11.4 Å². The molecule has 0 bridgehead atoms. The molecule has 3 aromatic rings. The normalized spacial score (nSPS) is 10.9. The van der Waals surface area contributed by atoms with E-state index in [1.807, 2.05) is 18.2 Å². The number of halogens is 1. The Bertz CT molecular complexity index is 681. The van der Waals surface area contributed by atoms with Crippen LogP contribution in [0, 0.1) is 0 Å². The summed E-state index contributed by atoms with van der Waals surface area (Å²) in [5, 5.41) is 0.889. The number of hydrogen-bond acceptors (Lipinski definition) is 5. The molecule has 0 atom stereocenters. The first-order valence-corrected chi connectivity index (χ1v) is 6.48. The maximum absolute atomic E-state index is 5.93. The molecule has 0 spiro atoms. The molecule has 0 fully saturated rings. The van der Waals surface area contributed by atoms with E-state index < -0.39 is 0 Å². The number of rotatable bonds is 1. The first-order chi connectivity index (χ1) is 8.24. The van der Waals surface area contributed by atoms with Crippen LogP contribution in [0.1, 0.15) is 0 Å². The van der Waals surface area contributed by atoms with Crippen LogP contribution in [0.4, 0.5) is 5.82 Å². The highest BCUT2D eigenvalue weighted by Gasteiger charge is 2.09. The monoisotopic (exact) mass is 306 g/mol. The molecule has 2 N–H and O–H groups in total. The Balaban J connectivity index is 2.25. The molecule has 0 saturated carbocycles. The Hall–Kier alpha value is -1.53. The summed E-state index contributed by atoms with van der Waals surface area (Å²) in [5.41, 5.74) is 6.84. The van der Waals surface area contributed by atoms with Crippen LogP contribution < -0.4 is 5.73 Å². The van der Waals surface area contributed by atoms with E-state index in [0.717, 1.165) is 19.6 Å². The third kappa shape index (κ3) is 1.89. The molecule has 0 unspecified atom stereocenters. The summed E-state index contributed by atoms with van der Waals surface area (Å²) >= 11 is 4.97. The maximum atomic E-state index is 5.93. The molecular formula is C11H7BrN4S. The van der Waals surface area contributed by atoms with Crippen LogP contribution in [0.15, 0.2) is 34.4 Å². The quantitative estimate of drug-likeness (QED) is 0.750. The second kappa shape index (κ2) is 4.05. The van der Waals surface area contributed by atoms with Gasteiger partial charge in [-0.3, -0.25) is 4.98 Å². The second-order valence-electron chi connectivity index (χ2n) is 3.44. The highest BCUT2D eigenvalue weighted by Crippen LogP contribution is 2.32. The second-order valence-corrected chi connectivity index (χ2v) is 5.85. The molecule has 6 heteroatoms. The molecule has 0 aromatic carbocycles. The molecule has 3 aromatic heterocycles. The van der Waals surface area contributed by atoms with Crippen LogP contribution in [-0.2, 0) is 0 Å². The molecule has 0 aliphatic carbocycles. The fourth-order valence-electron chi connectivity index (χ4n) is 1.54. The van der Waals surface area contributed by atoms with Crippen LogP contribution in [0.25, 0.3) is 21.6 Å². The zero-order valence-corrected chi connectivity index (χ0v) is 11.0. The third-order valence-corrected chi connectivity index (χ3v) is 3.86. The van der Waals surface area contributed by atoms with Crippen molar-refractivity contribution in [1.82, 2.24) is 15.0 Å². The van der Waals surface area contributed by atoms with Gasteiger partial charge in [0.15, 0.2) is 5.82 Å². The summed E-state index contributed by atoms with van der Waals surface area (Å²) in [6.45, 7) is 0. The van der Waals surface area contributed by atoms with E-state index >= 15 is 0 Å². The van der Waals surface area contributed by atoms with E-state index in [1.54, 1.807) is 23.7 Å². The standard InChI is InChI=1S/C11H7BrN4S/c12-8-5-7-9(13)15-10(16-11(7)17-8)6-1-3-14-4-2-6/h1-5H,(H2,13,15,16). The largest absolute Gasteiger partial charge is 0.383 e. The smallest absolute Gasteiger partial charge is 0.163 e. The van der Waals surface area contributed by atoms with Crippen LogP contribution in [-0.4, -0.2) is 15.0 Å². The van der Waals surface area contributed by atoms with Gasteiger partial charge in [-0.2, -0.15) is 0 Å². The third-order valence-electron chi connectivity index (χ3n) is 2.33. The molecule has 0 saturated heterocycles. The Morgan fingerprint density at radius 1 is 1.18 bits per heavy atom. The number of nitrogens with two attached hydrogens (primary N) is 1. The minimum absolute atomic E-state index is 0.503. The van der Waals surface area contributed by atoms with Gasteiger partial charge in [0.2, 0.25) is 0 Å². The van der Waals surface area contributed by atoms with Crippen molar-refractivity contribution in [2.45, 2.75) is 0 Å². The number of pyridine rings is 1. The van der Waals surface area contributed by atoms with Gasteiger partial charge in [-0.15, -0.1) is 11.3 Å². The molecule has 3 heterocycles. The predicted molar refractivity (Wildman–Crippen MR) is 72.8 cm³/mol. The zero-order valence-electron chi connectivity index (χ0n) is 8.59. The van der Waals surface area contributed by atoms with Gasteiger partial charge in [-0.25, -0.2) is 9.97 Å². The molecule has 0 aliphatic heterocycles. The van der Waals surface area contributed by atoms with Crippen LogP contribution >= 0.6 is 27.3 Å². The van der Waals surface area contributed by atoms with Crippen molar-refractivity contribution >= 4 is 43.3 Å². The fourth-order valence-corrected chi connectivity index (χ4v) is 3.00. The molecule has 0 aliphatic rings. The number of hydrogen-bond donors (Lipinski definition) is 1. The van der Waals surface area contributed by atoms with Gasteiger partial charge in [0.25, 0.3) is 0 Å². The number of nitrogens with zero attached hydrogens (tertiary/aromatic N) is 3. The summed E-state index contributed by atoms with van der Waals surface area (Å²) in [5.74, 6) is 1.13. The molecule has 17 heavy (non-hydrogen) atoms. The Kier molecular flexibility index (Phi) is 2.53. The van der Waals surface area contributed by atoms with E-state index in [4.69, 9.17) is 5.73 Å². The highest BCUT2D eigenvalue weighted by molar-refractivity contribution is 9.11. The van der Waals surface area contributed by atoms with Gasteiger partial charge in [0.05, 0.1) is 9.17 Å². The first-order valence-electron chi connectivity index (χ1n) is 4.87. The van der Waals surface area contributed by atoms with Crippen LogP contribution in [0.5, 0.6) is 0 Å². The van der Waals surface area contributed by atoms with Crippen LogP contribution in [0.3, 0.4) is 0 Å². The Labute approximate surface area is 110 Å². The van der Waals surface area contributed by atoms with Crippen molar-refractivity contribution < 1.29 is 0 Å². The van der Waals surface area contributed by atoms with Gasteiger partial charge in [-0.1, -0.05) is 0 Å². The molecule has 4 nitrogen and oxygen atoms in total. The van der Waals surface area contributed by atoms with Gasteiger partial charge in [0, 0.05) is 18.0 Å². The number of aromatic nitrogens is 3. The van der Waals surface area contributed by atoms with Crippen LogP contribution in [0.2, 0.25) is 0 Å². The van der Waals surface area contributed by atoms with Gasteiger partial charge < -0.3 is 5.73 Å². The zero-order chi connectivity index (χ0) is 11.8. The SMILES string of the molecule is Nc1nc(-c2ccncc2)nc2sc(Br)cc12. The number of nitrogen functional groups attached to an aromatic ring is 1. The van der Waals surface area contributed by atoms with E-state index in [2.05, 4.69) is 30.9 Å². The summed E-state index contributed by atoms with van der Waals surface area (Å²) in [7, 11) is 0. The van der Waals surface area contributed by atoms with Crippen molar-refractivity contribution in [3.05, 3.63) is 34.4 Å². The minimum Gasteiger partial charge on any atom is -0.383 e. The lowest BCUT2D eigenvalue weighted by atomic mass is 10.2. The van der Waals surface area contributed by atoms with Gasteiger partial charge in [0.1, 0.15) is 10.6 Å². The molecule has 84 valence electrons. The first kappa shape index (κ1) is 10.6. The molecule has 3 rings (SSSR count). The van der Waals surface area contributed by atoms with Crippen molar-refractivity contribution in [1.29, 1.82) is 0 Å². The van der Waals surface area contributed by atoms with Crippen molar-refractivity contribution in [2.24, 2.45) is 0 Å². The topological polar surface area (TPSA) is 64.7 Å². The fraction of sp³-hybridized carbons (Fsp3) is 0. The minimum atomic E-state index is 0.503. The average Bonchev–Trinajstić information content (AvgIpc) is 2.71. The lowest BCUT2D eigenvalue weighted by Crippen LogP contribution is -1.95. The summed E-state index contributed by atoms with van der Waals surface area (Å²) in [6, 6.07) is 5.66. The van der Waals surface area contributed by atoms with E-state index in [-0.39, 0.29) is 0 Å². The maximum Gasteiger partial charge on any atom is 0.163 e. The summed E-state index contributed by atoms with van der Waals surface area (Å²) < 4.78 is 1.00. The van der Waals surface area contributed by atoms with Gasteiger partial charge in [-0.05, 0) is 34.1 Å². The lowest BCUT2D eigenvalue weighted by molar-refractivity contribution is 1.23. The molecular weight excluding hydrogens is 300 g/mol. The van der Waals surface area contributed by atoms with E-state index in [9.17, 15) is 0 Å². The molecule has 0 amide bonds. The van der Waals surface area contributed by atoms with Gasteiger partial charge >= 0.3 is 0 Å². The Morgan fingerprint density at radius 3 is 2.71 bits per heavy atom. The predicted octanol–water partition coefficient (Wildman–Crippen LogP) is 3.10.